The molecule has 0 saturated carbocycles. The van der Waals surface area contributed by atoms with Crippen LogP contribution in [-0.4, -0.2) is 37.0 Å². The quantitative estimate of drug-likeness (QED) is 0.681. The van der Waals surface area contributed by atoms with Gasteiger partial charge in [-0.1, -0.05) is 13.0 Å². The topological polar surface area (TPSA) is 32.3 Å². The van der Waals surface area contributed by atoms with Gasteiger partial charge in [-0.15, -0.1) is 6.58 Å². The number of hydrogen-bond donors (Lipinski definition) is 1. The predicted molar refractivity (Wildman–Crippen MR) is 58.0 cm³/mol. The van der Waals surface area contributed by atoms with Gasteiger partial charge in [0.25, 0.3) is 0 Å². The average Bonchev–Trinajstić information content (AvgIpc) is 2.18. The van der Waals surface area contributed by atoms with Gasteiger partial charge in [-0.05, 0) is 31.8 Å². The van der Waals surface area contributed by atoms with E-state index >= 15 is 0 Å². The number of nitrogens with one attached hydrogen (secondary N) is 1. The number of hydrogen-bond acceptors (Lipinski definition) is 2. The van der Waals surface area contributed by atoms with Crippen LogP contribution in [0.25, 0.3) is 0 Å². The molecule has 0 spiro atoms. The van der Waals surface area contributed by atoms with Crippen molar-refractivity contribution in [1.82, 2.24) is 10.2 Å². The van der Waals surface area contributed by atoms with Crippen molar-refractivity contribution >= 4 is 5.91 Å². The molecule has 0 aromatic carbocycles. The lowest BCUT2D eigenvalue weighted by Crippen LogP contribution is -2.41. The molecule has 1 fully saturated rings. The highest BCUT2D eigenvalue weighted by atomic mass is 16.2. The summed E-state index contributed by atoms with van der Waals surface area (Å²) in [6.45, 7) is 9.07. The van der Waals surface area contributed by atoms with Gasteiger partial charge >= 0.3 is 0 Å². The molecule has 0 atom stereocenters. The molecule has 3 nitrogen and oxygen atoms in total. The van der Waals surface area contributed by atoms with Crippen LogP contribution in [0.15, 0.2) is 12.7 Å². The number of carbonyl (C=O) groups is 1. The van der Waals surface area contributed by atoms with E-state index in [0.717, 1.165) is 19.0 Å². The van der Waals surface area contributed by atoms with Crippen LogP contribution in [0.5, 0.6) is 0 Å². The number of nitrogens with zero attached hydrogens (tertiary/aromatic N) is 1. The summed E-state index contributed by atoms with van der Waals surface area (Å²) in [6.07, 6.45) is 4.14. The van der Waals surface area contributed by atoms with E-state index in [0.29, 0.717) is 13.1 Å². The minimum Gasteiger partial charge on any atom is -0.352 e. The largest absolute Gasteiger partial charge is 0.352 e. The molecule has 1 rings (SSSR count). The maximum absolute atomic E-state index is 11.4. The first-order valence-corrected chi connectivity index (χ1v) is 5.32. The molecule has 0 radical (unpaired) electrons. The second-order valence-electron chi connectivity index (χ2n) is 4.05. The van der Waals surface area contributed by atoms with Gasteiger partial charge in [0.2, 0.25) is 5.91 Å². The van der Waals surface area contributed by atoms with Crippen molar-refractivity contribution in [3.8, 4) is 0 Å². The SMILES string of the molecule is C=CCNC(=O)CN1CCC(C)CC1. The molecule has 0 aromatic heterocycles. The Morgan fingerprint density at radius 1 is 1.57 bits per heavy atom. The van der Waals surface area contributed by atoms with Gasteiger partial charge in [0.15, 0.2) is 0 Å². The van der Waals surface area contributed by atoms with Crippen LogP contribution in [0.1, 0.15) is 19.8 Å². The maximum atomic E-state index is 11.4. The van der Waals surface area contributed by atoms with Gasteiger partial charge in [-0.2, -0.15) is 0 Å². The number of carbonyl (C=O) groups excluding carboxylic acids is 1. The summed E-state index contributed by atoms with van der Waals surface area (Å²) in [7, 11) is 0. The van der Waals surface area contributed by atoms with Gasteiger partial charge in [0, 0.05) is 6.54 Å². The van der Waals surface area contributed by atoms with E-state index in [9.17, 15) is 4.79 Å². The second-order valence-corrected chi connectivity index (χ2v) is 4.05. The zero-order valence-corrected chi connectivity index (χ0v) is 8.96. The third-order valence-electron chi connectivity index (χ3n) is 2.69. The summed E-state index contributed by atoms with van der Waals surface area (Å²) in [6, 6.07) is 0. The Morgan fingerprint density at radius 3 is 2.79 bits per heavy atom. The van der Waals surface area contributed by atoms with Crippen LogP contribution >= 0.6 is 0 Å². The van der Waals surface area contributed by atoms with E-state index in [1.165, 1.54) is 12.8 Å². The van der Waals surface area contributed by atoms with E-state index in [2.05, 4.69) is 23.7 Å². The number of rotatable bonds is 4. The number of amides is 1. The Labute approximate surface area is 86.2 Å². The van der Waals surface area contributed by atoms with Crippen molar-refractivity contribution < 1.29 is 4.79 Å². The molecule has 1 N–H and O–H groups in total. The van der Waals surface area contributed by atoms with Gasteiger partial charge < -0.3 is 5.32 Å². The summed E-state index contributed by atoms with van der Waals surface area (Å²) >= 11 is 0. The van der Waals surface area contributed by atoms with Crippen LogP contribution < -0.4 is 5.32 Å². The molecule has 1 aliphatic rings. The standard InChI is InChI=1S/C11H20N2O/c1-3-6-12-11(14)9-13-7-4-10(2)5-8-13/h3,10H,1,4-9H2,2H3,(H,12,14). The van der Waals surface area contributed by atoms with Gasteiger partial charge in [0.1, 0.15) is 0 Å². The molecule has 1 aliphatic heterocycles. The lowest BCUT2D eigenvalue weighted by Gasteiger charge is -2.29. The third kappa shape index (κ3) is 3.92. The summed E-state index contributed by atoms with van der Waals surface area (Å²) in [5.41, 5.74) is 0. The normalized spacial score (nSPS) is 19.2. The first-order valence-electron chi connectivity index (χ1n) is 5.32. The maximum Gasteiger partial charge on any atom is 0.234 e. The predicted octanol–water partition coefficient (Wildman–Crippen LogP) is 1.02. The number of piperidine rings is 1. The molecule has 1 saturated heterocycles. The van der Waals surface area contributed by atoms with Crippen molar-refractivity contribution in [3.63, 3.8) is 0 Å². The Bertz CT molecular complexity index is 195. The number of likely N-dealkylation sites (tertiary alicyclic amines) is 1. The zero-order chi connectivity index (χ0) is 10.4. The molecular weight excluding hydrogens is 176 g/mol. The Kier molecular flexibility index (Phi) is 4.66. The summed E-state index contributed by atoms with van der Waals surface area (Å²) in [5, 5.41) is 2.79. The highest BCUT2D eigenvalue weighted by Crippen LogP contribution is 2.15. The van der Waals surface area contributed by atoms with Gasteiger partial charge in [0.05, 0.1) is 6.54 Å². The first-order chi connectivity index (χ1) is 6.72. The molecule has 80 valence electrons. The minimum atomic E-state index is 0.111. The molecule has 1 heterocycles. The van der Waals surface area contributed by atoms with Crippen molar-refractivity contribution in [2.24, 2.45) is 5.92 Å². The molecule has 0 unspecified atom stereocenters. The fourth-order valence-corrected chi connectivity index (χ4v) is 1.67. The lowest BCUT2D eigenvalue weighted by molar-refractivity contribution is -0.122. The summed E-state index contributed by atoms with van der Waals surface area (Å²) < 4.78 is 0. The average molecular weight is 196 g/mol. The minimum absolute atomic E-state index is 0.111. The lowest BCUT2D eigenvalue weighted by atomic mass is 9.99. The van der Waals surface area contributed by atoms with E-state index < -0.39 is 0 Å². The smallest absolute Gasteiger partial charge is 0.234 e. The van der Waals surface area contributed by atoms with E-state index in [4.69, 9.17) is 0 Å². The zero-order valence-electron chi connectivity index (χ0n) is 8.96. The van der Waals surface area contributed by atoms with E-state index in [1.54, 1.807) is 6.08 Å². The van der Waals surface area contributed by atoms with E-state index in [1.807, 2.05) is 0 Å². The van der Waals surface area contributed by atoms with Gasteiger partial charge in [-0.3, -0.25) is 9.69 Å². The third-order valence-corrected chi connectivity index (χ3v) is 2.69. The molecule has 1 amide bonds. The second kappa shape index (κ2) is 5.81. The highest BCUT2D eigenvalue weighted by molar-refractivity contribution is 5.78. The van der Waals surface area contributed by atoms with Crippen molar-refractivity contribution in [2.75, 3.05) is 26.2 Å². The highest BCUT2D eigenvalue weighted by Gasteiger charge is 2.17. The monoisotopic (exact) mass is 196 g/mol. The van der Waals surface area contributed by atoms with Crippen LogP contribution in [0.3, 0.4) is 0 Å². The van der Waals surface area contributed by atoms with Crippen molar-refractivity contribution in [2.45, 2.75) is 19.8 Å². The molecule has 0 aliphatic carbocycles. The Hall–Kier alpha value is -0.830. The fraction of sp³-hybridized carbons (Fsp3) is 0.727. The van der Waals surface area contributed by atoms with Crippen LogP contribution in [0, 0.1) is 5.92 Å². The molecule has 0 aromatic rings. The van der Waals surface area contributed by atoms with Crippen LogP contribution in [0.4, 0.5) is 0 Å². The molecule has 0 bridgehead atoms. The summed E-state index contributed by atoms with van der Waals surface area (Å²) in [5.74, 6) is 0.932. The molecule has 14 heavy (non-hydrogen) atoms. The molecule has 3 heteroatoms. The fourth-order valence-electron chi connectivity index (χ4n) is 1.67. The molecular formula is C11H20N2O. The Balaban J connectivity index is 2.17. The van der Waals surface area contributed by atoms with E-state index in [-0.39, 0.29) is 5.91 Å². The van der Waals surface area contributed by atoms with Crippen molar-refractivity contribution in [1.29, 1.82) is 0 Å². The summed E-state index contributed by atoms with van der Waals surface area (Å²) in [4.78, 5) is 13.6. The van der Waals surface area contributed by atoms with Crippen LogP contribution in [-0.2, 0) is 4.79 Å². The first kappa shape index (κ1) is 11.2. The van der Waals surface area contributed by atoms with Crippen molar-refractivity contribution in [3.05, 3.63) is 12.7 Å². The van der Waals surface area contributed by atoms with Gasteiger partial charge in [-0.25, -0.2) is 0 Å². The van der Waals surface area contributed by atoms with Crippen LogP contribution in [0.2, 0.25) is 0 Å². The Morgan fingerprint density at radius 2 is 2.21 bits per heavy atom.